The van der Waals surface area contributed by atoms with Gasteiger partial charge in [0.15, 0.2) is 0 Å². The molecule has 0 saturated heterocycles. The van der Waals surface area contributed by atoms with Gasteiger partial charge in [-0.15, -0.1) is 0 Å². The van der Waals surface area contributed by atoms with E-state index in [0.717, 1.165) is 30.9 Å². The number of carbonyl (C=O) groups is 1. The second-order valence-electron chi connectivity index (χ2n) is 5.00. The molecule has 1 N–H and O–H groups in total. The minimum absolute atomic E-state index is 0.0460. The van der Waals surface area contributed by atoms with Gasteiger partial charge in [0.05, 0.1) is 10.6 Å². The van der Waals surface area contributed by atoms with Gasteiger partial charge in [0.1, 0.15) is 17.3 Å². The van der Waals surface area contributed by atoms with Crippen molar-refractivity contribution in [2.24, 2.45) is 10.9 Å². The molecule has 0 aliphatic carbocycles. The van der Waals surface area contributed by atoms with E-state index in [1.165, 1.54) is 11.5 Å². The summed E-state index contributed by atoms with van der Waals surface area (Å²) in [6.45, 7) is 2.89. The lowest BCUT2D eigenvalue weighted by Crippen LogP contribution is -2.14. The zero-order chi connectivity index (χ0) is 15.1. The summed E-state index contributed by atoms with van der Waals surface area (Å²) < 4.78 is 20.1. The Morgan fingerprint density at radius 2 is 2.38 bits per heavy atom. The van der Waals surface area contributed by atoms with E-state index in [1.54, 1.807) is 0 Å². The Labute approximate surface area is 128 Å². The van der Waals surface area contributed by atoms with E-state index in [4.69, 9.17) is 16.7 Å². The van der Waals surface area contributed by atoms with Crippen LogP contribution in [0.2, 0.25) is 5.02 Å². The van der Waals surface area contributed by atoms with Crippen LogP contribution in [0.3, 0.4) is 0 Å². The van der Waals surface area contributed by atoms with Crippen LogP contribution in [-0.2, 0) is 13.0 Å². The van der Waals surface area contributed by atoms with Crippen LogP contribution in [0, 0.1) is 11.7 Å². The number of fused-ring (bicyclic) bond motifs is 1. The summed E-state index contributed by atoms with van der Waals surface area (Å²) in [5.41, 5.74) is -0.216. The smallest absolute Gasteiger partial charge is 0.337 e. The monoisotopic (exact) mass is 327 g/mol. The first kappa shape index (κ1) is 14.2. The van der Waals surface area contributed by atoms with Crippen LogP contribution >= 0.6 is 23.1 Å². The van der Waals surface area contributed by atoms with Crippen LogP contribution in [-0.4, -0.2) is 20.0 Å². The number of carboxylic acid groups (broad SMARTS) is 1. The molecule has 1 atom stereocenters. The second-order valence-corrected chi connectivity index (χ2v) is 6.14. The van der Waals surface area contributed by atoms with E-state index in [0.29, 0.717) is 10.7 Å². The molecule has 3 rings (SSSR count). The molecule has 1 aliphatic rings. The lowest BCUT2D eigenvalue weighted by atomic mass is 10.1. The minimum atomic E-state index is -1.22. The van der Waals surface area contributed by atoms with E-state index in [1.807, 2.05) is 4.57 Å². The fourth-order valence-electron chi connectivity index (χ4n) is 2.29. The number of hydrogen-bond donors (Lipinski definition) is 1. The maximum absolute atomic E-state index is 13.9. The van der Waals surface area contributed by atoms with Crippen molar-refractivity contribution in [1.29, 1.82) is 0 Å². The van der Waals surface area contributed by atoms with Gasteiger partial charge in [0, 0.05) is 24.5 Å². The minimum Gasteiger partial charge on any atom is -0.478 e. The molecule has 2 aromatic rings. The van der Waals surface area contributed by atoms with Crippen molar-refractivity contribution < 1.29 is 14.3 Å². The predicted molar refractivity (Wildman–Crippen MR) is 76.6 cm³/mol. The van der Waals surface area contributed by atoms with Gasteiger partial charge < -0.3 is 9.67 Å². The molecule has 2 heterocycles. The Balaban J connectivity index is 2.12. The number of hydrogen-bond acceptors (Lipinski definition) is 4. The maximum Gasteiger partial charge on any atom is 0.337 e. The first-order chi connectivity index (χ1) is 9.95. The summed E-state index contributed by atoms with van der Waals surface area (Å²) in [6, 6.07) is 2.11. The molecule has 1 aliphatic heterocycles. The van der Waals surface area contributed by atoms with Gasteiger partial charge in [-0.25, -0.2) is 14.2 Å². The third-order valence-electron chi connectivity index (χ3n) is 3.28. The Bertz CT molecular complexity index is 799. The van der Waals surface area contributed by atoms with Crippen LogP contribution in [0.25, 0.3) is 0 Å². The molecule has 0 fully saturated rings. The highest BCUT2D eigenvalue weighted by molar-refractivity contribution is 7.02. The molecule has 0 saturated carbocycles. The molecule has 1 aromatic carbocycles. The van der Waals surface area contributed by atoms with E-state index in [-0.39, 0.29) is 16.3 Å². The van der Waals surface area contributed by atoms with Crippen LogP contribution < -0.4 is 4.80 Å². The quantitative estimate of drug-likeness (QED) is 0.922. The molecule has 0 radical (unpaired) electrons. The van der Waals surface area contributed by atoms with Crippen LogP contribution in [0.15, 0.2) is 17.1 Å². The van der Waals surface area contributed by atoms with E-state index >= 15 is 0 Å². The zero-order valence-electron chi connectivity index (χ0n) is 11.0. The highest BCUT2D eigenvalue weighted by atomic mass is 35.5. The maximum atomic E-state index is 13.9. The normalized spacial score (nSPS) is 18.0. The van der Waals surface area contributed by atoms with Crippen molar-refractivity contribution in [3.05, 3.63) is 39.2 Å². The molecule has 110 valence electrons. The van der Waals surface area contributed by atoms with E-state index in [2.05, 4.69) is 16.3 Å². The number of carboxylic acids is 1. The van der Waals surface area contributed by atoms with Gasteiger partial charge in [-0.2, -0.15) is 4.37 Å². The number of aromatic carboxylic acids is 1. The summed E-state index contributed by atoms with van der Waals surface area (Å²) in [5, 5.41) is 8.89. The largest absolute Gasteiger partial charge is 0.478 e. The van der Waals surface area contributed by atoms with Gasteiger partial charge in [0.25, 0.3) is 0 Å². The fraction of sp³-hybridized carbons (Fsp3) is 0.308. The molecule has 8 heteroatoms. The molecule has 0 bridgehead atoms. The highest BCUT2D eigenvalue weighted by Crippen LogP contribution is 2.26. The van der Waals surface area contributed by atoms with Crippen molar-refractivity contribution in [3.63, 3.8) is 0 Å². The molecule has 0 spiro atoms. The Morgan fingerprint density at radius 1 is 1.62 bits per heavy atom. The van der Waals surface area contributed by atoms with E-state index in [9.17, 15) is 9.18 Å². The van der Waals surface area contributed by atoms with Crippen LogP contribution in [0.4, 0.5) is 10.1 Å². The third kappa shape index (κ3) is 2.58. The van der Waals surface area contributed by atoms with Crippen LogP contribution in [0.5, 0.6) is 0 Å². The molecular formula is C13H11ClFN3O2S. The molecule has 1 aromatic heterocycles. The van der Waals surface area contributed by atoms with Gasteiger partial charge in [0.2, 0.25) is 4.80 Å². The zero-order valence-corrected chi connectivity index (χ0v) is 12.6. The molecule has 5 nitrogen and oxygen atoms in total. The molecular weight excluding hydrogens is 317 g/mol. The van der Waals surface area contributed by atoms with Gasteiger partial charge in [-0.1, -0.05) is 18.5 Å². The number of aromatic nitrogens is 2. The average molecular weight is 328 g/mol. The summed E-state index contributed by atoms with van der Waals surface area (Å²) in [4.78, 5) is 15.8. The SMILES string of the molecule is CC1Cc2ns/c(=N\c3cc(C(=O)O)c(Cl)cc3F)n2C1. The standard InChI is InChI=1S/C13H11ClFN3O2S/c1-6-2-11-17-21-13(18(11)5-6)16-10-3-7(12(19)20)8(14)4-9(10)15/h3-4,6H,2,5H2,1H3,(H,19,20)/b16-13-. The number of nitrogens with zero attached hydrogens (tertiary/aromatic N) is 3. The van der Waals surface area contributed by atoms with Crippen molar-refractivity contribution >= 4 is 34.8 Å². The van der Waals surface area contributed by atoms with E-state index < -0.39 is 11.8 Å². The number of benzene rings is 1. The summed E-state index contributed by atoms with van der Waals surface area (Å²) in [7, 11) is 0. The predicted octanol–water partition coefficient (Wildman–Crippen LogP) is 2.86. The van der Waals surface area contributed by atoms with Gasteiger partial charge >= 0.3 is 5.97 Å². The van der Waals surface area contributed by atoms with Crippen LogP contribution in [0.1, 0.15) is 23.1 Å². The van der Waals surface area contributed by atoms with Crippen molar-refractivity contribution in [1.82, 2.24) is 8.94 Å². The summed E-state index contributed by atoms with van der Waals surface area (Å²) in [6.07, 6.45) is 0.871. The Morgan fingerprint density at radius 3 is 3.10 bits per heavy atom. The topological polar surface area (TPSA) is 67.5 Å². The highest BCUT2D eigenvalue weighted by Gasteiger charge is 2.21. The van der Waals surface area contributed by atoms with Crippen molar-refractivity contribution in [2.45, 2.75) is 19.9 Å². The second kappa shape index (κ2) is 5.23. The number of halogens is 2. The number of rotatable bonds is 2. The molecule has 1 unspecified atom stereocenters. The van der Waals surface area contributed by atoms with Gasteiger partial charge in [-0.3, -0.25) is 0 Å². The first-order valence-electron chi connectivity index (χ1n) is 6.28. The average Bonchev–Trinajstić information content (AvgIpc) is 2.92. The summed E-state index contributed by atoms with van der Waals surface area (Å²) in [5.74, 6) is -0.468. The molecule has 21 heavy (non-hydrogen) atoms. The van der Waals surface area contributed by atoms with Crippen molar-refractivity contribution in [3.8, 4) is 0 Å². The summed E-state index contributed by atoms with van der Waals surface area (Å²) >= 11 is 6.89. The van der Waals surface area contributed by atoms with Gasteiger partial charge in [-0.05, 0) is 18.1 Å². The molecule has 0 amide bonds. The van der Waals surface area contributed by atoms with Crippen molar-refractivity contribution in [2.75, 3.05) is 0 Å². The lowest BCUT2D eigenvalue weighted by molar-refractivity contribution is 0.0697. The Hall–Kier alpha value is -1.73. The fourth-order valence-corrected chi connectivity index (χ4v) is 3.30. The Kier molecular flexibility index (Phi) is 3.54. The third-order valence-corrected chi connectivity index (χ3v) is 4.37. The lowest BCUT2D eigenvalue weighted by Gasteiger charge is -2.02. The first-order valence-corrected chi connectivity index (χ1v) is 7.43.